The van der Waals surface area contributed by atoms with Crippen LogP contribution < -0.4 is 9.47 Å². The van der Waals surface area contributed by atoms with E-state index < -0.39 is 5.97 Å². The van der Waals surface area contributed by atoms with Gasteiger partial charge in [0.05, 0.1) is 24.4 Å². The summed E-state index contributed by atoms with van der Waals surface area (Å²) in [5.74, 6) is 0.819. The molecule has 0 saturated carbocycles. The van der Waals surface area contributed by atoms with Crippen LogP contribution in [0.15, 0.2) is 48.5 Å². The first-order valence-electron chi connectivity index (χ1n) is 7.61. The summed E-state index contributed by atoms with van der Waals surface area (Å²) < 4.78 is 16.7. The van der Waals surface area contributed by atoms with Crippen LogP contribution in [0.2, 0.25) is 0 Å². The van der Waals surface area contributed by atoms with Crippen LogP contribution in [0.1, 0.15) is 10.6 Å². The lowest BCUT2D eigenvalue weighted by molar-refractivity contribution is -0.138. The third kappa shape index (κ3) is 4.16. The van der Waals surface area contributed by atoms with E-state index in [9.17, 15) is 4.79 Å². The van der Waals surface area contributed by atoms with Crippen molar-refractivity contribution in [3.05, 3.63) is 59.1 Å². The molecule has 0 spiro atoms. The number of hydrogen-bond donors (Lipinski definition) is 0. The Hall–Kier alpha value is -2.86. The molecule has 1 heterocycles. The molecule has 6 heteroatoms. The molecule has 0 fully saturated rings. The minimum absolute atomic E-state index is 0.161. The summed E-state index contributed by atoms with van der Waals surface area (Å²) in [6, 6.07) is 13.2. The van der Waals surface area contributed by atoms with E-state index in [2.05, 4.69) is 4.98 Å². The number of ether oxygens (including phenoxy) is 3. The van der Waals surface area contributed by atoms with E-state index in [0.29, 0.717) is 11.5 Å². The van der Waals surface area contributed by atoms with Gasteiger partial charge in [-0.25, -0.2) is 9.78 Å². The number of para-hydroxylation sites is 1. The van der Waals surface area contributed by atoms with Gasteiger partial charge >= 0.3 is 5.97 Å². The van der Waals surface area contributed by atoms with Crippen molar-refractivity contribution in [2.75, 3.05) is 14.2 Å². The van der Waals surface area contributed by atoms with Gasteiger partial charge in [0.25, 0.3) is 0 Å². The molecule has 0 aliphatic heterocycles. The first-order valence-corrected chi connectivity index (χ1v) is 8.42. The Balaban J connectivity index is 1.61. The van der Waals surface area contributed by atoms with Gasteiger partial charge in [0.1, 0.15) is 11.6 Å². The number of rotatable bonds is 6. The monoisotopic (exact) mass is 355 g/mol. The maximum absolute atomic E-state index is 11.9. The highest BCUT2D eigenvalue weighted by molar-refractivity contribution is 7.18. The van der Waals surface area contributed by atoms with Crippen LogP contribution in [-0.2, 0) is 16.1 Å². The van der Waals surface area contributed by atoms with Gasteiger partial charge < -0.3 is 14.2 Å². The second-order valence-electron chi connectivity index (χ2n) is 5.13. The molecule has 128 valence electrons. The van der Waals surface area contributed by atoms with E-state index >= 15 is 0 Å². The molecule has 0 N–H and O–H groups in total. The quantitative estimate of drug-likeness (QED) is 0.493. The minimum atomic E-state index is -0.422. The van der Waals surface area contributed by atoms with Crippen LogP contribution in [0.25, 0.3) is 16.3 Å². The number of thiazole rings is 1. The third-order valence-corrected chi connectivity index (χ3v) is 4.51. The molecule has 0 amide bonds. The van der Waals surface area contributed by atoms with Gasteiger partial charge in [0.15, 0.2) is 11.5 Å². The van der Waals surface area contributed by atoms with Gasteiger partial charge in [-0.15, -0.1) is 11.3 Å². The lowest BCUT2D eigenvalue weighted by Crippen LogP contribution is -2.00. The molecule has 0 bridgehead atoms. The highest BCUT2D eigenvalue weighted by Crippen LogP contribution is 2.28. The van der Waals surface area contributed by atoms with Crippen LogP contribution in [0.4, 0.5) is 0 Å². The largest absolute Gasteiger partial charge is 0.493 e. The smallest absolute Gasteiger partial charge is 0.331 e. The molecule has 0 radical (unpaired) electrons. The summed E-state index contributed by atoms with van der Waals surface area (Å²) >= 11 is 1.52. The molecular weight excluding hydrogens is 338 g/mol. The van der Waals surface area contributed by atoms with Gasteiger partial charge in [0, 0.05) is 6.08 Å². The van der Waals surface area contributed by atoms with Gasteiger partial charge in [-0.2, -0.15) is 0 Å². The Kier molecular flexibility index (Phi) is 5.30. The van der Waals surface area contributed by atoms with E-state index in [-0.39, 0.29) is 6.61 Å². The van der Waals surface area contributed by atoms with Crippen molar-refractivity contribution in [3.63, 3.8) is 0 Å². The third-order valence-electron chi connectivity index (χ3n) is 3.50. The Morgan fingerprint density at radius 1 is 1.12 bits per heavy atom. The van der Waals surface area contributed by atoms with Gasteiger partial charge in [0.2, 0.25) is 0 Å². The predicted octanol–water partition coefficient (Wildman–Crippen LogP) is 4.07. The van der Waals surface area contributed by atoms with Crippen molar-refractivity contribution in [1.29, 1.82) is 0 Å². The summed E-state index contributed by atoms with van der Waals surface area (Å²) in [4.78, 5) is 16.3. The topological polar surface area (TPSA) is 57.7 Å². The standard InChI is InChI=1S/C19H17NO4S/c1-22-15-9-7-13(11-16(15)23-2)8-10-19(21)24-12-18-20-14-5-3-4-6-17(14)25-18/h3-11H,12H2,1-2H3. The van der Waals surface area contributed by atoms with E-state index in [1.54, 1.807) is 32.4 Å². The normalized spacial score (nSPS) is 11.0. The number of hydrogen-bond acceptors (Lipinski definition) is 6. The van der Waals surface area contributed by atoms with E-state index in [0.717, 1.165) is 20.8 Å². The van der Waals surface area contributed by atoms with Crippen molar-refractivity contribution in [1.82, 2.24) is 4.98 Å². The number of carbonyl (C=O) groups is 1. The molecule has 0 saturated heterocycles. The van der Waals surface area contributed by atoms with E-state index in [1.165, 1.54) is 17.4 Å². The van der Waals surface area contributed by atoms with Crippen LogP contribution in [0, 0.1) is 0 Å². The fraction of sp³-hybridized carbons (Fsp3) is 0.158. The molecule has 0 unspecified atom stereocenters. The Bertz CT molecular complexity index is 884. The zero-order valence-corrected chi connectivity index (χ0v) is 14.7. The first-order chi connectivity index (χ1) is 12.2. The van der Waals surface area contributed by atoms with Gasteiger partial charge in [-0.05, 0) is 35.9 Å². The molecule has 3 rings (SSSR count). The summed E-state index contributed by atoms with van der Waals surface area (Å²) in [5.41, 5.74) is 1.73. The molecule has 2 aromatic carbocycles. The van der Waals surface area contributed by atoms with Crippen molar-refractivity contribution in [2.24, 2.45) is 0 Å². The molecule has 0 aliphatic rings. The highest BCUT2D eigenvalue weighted by Gasteiger charge is 2.06. The number of methoxy groups -OCH3 is 2. The van der Waals surface area contributed by atoms with Crippen LogP contribution in [0.5, 0.6) is 11.5 Å². The van der Waals surface area contributed by atoms with Crippen LogP contribution >= 0.6 is 11.3 Å². The molecule has 0 atom stereocenters. The summed E-state index contributed by atoms with van der Waals surface area (Å²) in [6.45, 7) is 0.161. The zero-order valence-electron chi connectivity index (χ0n) is 13.9. The number of fused-ring (bicyclic) bond motifs is 1. The second-order valence-corrected chi connectivity index (χ2v) is 6.25. The lowest BCUT2D eigenvalue weighted by Gasteiger charge is -2.07. The van der Waals surface area contributed by atoms with Crippen molar-refractivity contribution in [2.45, 2.75) is 6.61 Å². The summed E-state index contributed by atoms with van der Waals surface area (Å²) in [7, 11) is 3.14. The molecule has 1 aromatic heterocycles. The SMILES string of the molecule is COc1ccc(C=CC(=O)OCc2nc3ccccc3s2)cc1OC. The molecule has 5 nitrogen and oxygen atoms in total. The second kappa shape index (κ2) is 7.81. The zero-order chi connectivity index (χ0) is 17.6. The Labute approximate surface area is 149 Å². The number of aromatic nitrogens is 1. The van der Waals surface area contributed by atoms with E-state index in [1.807, 2.05) is 30.3 Å². The van der Waals surface area contributed by atoms with Gasteiger partial charge in [-0.3, -0.25) is 0 Å². The average Bonchev–Trinajstić information content (AvgIpc) is 3.07. The number of carbonyl (C=O) groups excluding carboxylic acids is 1. The molecular formula is C19H17NO4S. The first kappa shape index (κ1) is 17.0. The van der Waals surface area contributed by atoms with E-state index in [4.69, 9.17) is 14.2 Å². The maximum atomic E-state index is 11.9. The minimum Gasteiger partial charge on any atom is -0.493 e. The summed E-state index contributed by atoms with van der Waals surface area (Å²) in [5, 5.41) is 0.772. The van der Waals surface area contributed by atoms with Crippen molar-refractivity contribution >= 4 is 33.6 Å². The fourth-order valence-electron chi connectivity index (χ4n) is 2.28. The Morgan fingerprint density at radius 2 is 1.92 bits per heavy atom. The van der Waals surface area contributed by atoms with Gasteiger partial charge in [-0.1, -0.05) is 18.2 Å². The number of nitrogens with zero attached hydrogens (tertiary/aromatic N) is 1. The molecule has 3 aromatic rings. The summed E-state index contributed by atoms with van der Waals surface area (Å²) in [6.07, 6.45) is 3.05. The maximum Gasteiger partial charge on any atom is 0.331 e. The lowest BCUT2D eigenvalue weighted by atomic mass is 10.2. The molecule has 0 aliphatic carbocycles. The van der Waals surface area contributed by atoms with Crippen LogP contribution in [-0.4, -0.2) is 25.2 Å². The molecule has 25 heavy (non-hydrogen) atoms. The predicted molar refractivity (Wildman–Crippen MR) is 98.0 cm³/mol. The number of benzene rings is 2. The highest BCUT2D eigenvalue weighted by atomic mass is 32.1. The van der Waals surface area contributed by atoms with Crippen molar-refractivity contribution < 1.29 is 19.0 Å². The average molecular weight is 355 g/mol. The fourth-order valence-corrected chi connectivity index (χ4v) is 3.16. The van der Waals surface area contributed by atoms with Crippen molar-refractivity contribution in [3.8, 4) is 11.5 Å². The Morgan fingerprint density at radius 3 is 2.68 bits per heavy atom. The van der Waals surface area contributed by atoms with Crippen LogP contribution in [0.3, 0.4) is 0 Å². The number of esters is 1.